The summed E-state index contributed by atoms with van der Waals surface area (Å²) >= 11 is 0. The first-order chi connectivity index (χ1) is 10.1. The highest BCUT2D eigenvalue weighted by Gasteiger charge is 2.10. The smallest absolute Gasteiger partial charge is 0.274 e. The van der Waals surface area contributed by atoms with E-state index in [1.54, 1.807) is 12.4 Å². The molecule has 0 atom stereocenters. The molecule has 21 heavy (non-hydrogen) atoms. The number of nitrogens with one attached hydrogen (secondary N) is 1. The van der Waals surface area contributed by atoms with Gasteiger partial charge in [-0.2, -0.15) is 0 Å². The summed E-state index contributed by atoms with van der Waals surface area (Å²) in [6.07, 6.45) is 5.29. The minimum atomic E-state index is -0.130. The molecule has 0 aliphatic carbocycles. The van der Waals surface area contributed by atoms with E-state index in [2.05, 4.69) is 15.0 Å². The van der Waals surface area contributed by atoms with Crippen LogP contribution >= 0.6 is 0 Å². The summed E-state index contributed by atoms with van der Waals surface area (Å²) < 4.78 is 3.88. The number of rotatable bonds is 1. The van der Waals surface area contributed by atoms with E-state index in [4.69, 9.17) is 0 Å². The van der Waals surface area contributed by atoms with Crippen molar-refractivity contribution in [2.45, 2.75) is 13.8 Å². The first-order valence-corrected chi connectivity index (χ1v) is 6.65. The van der Waals surface area contributed by atoms with E-state index < -0.39 is 0 Å². The second kappa shape index (κ2) is 4.05. The molecule has 0 radical (unpaired) electrons. The number of aromatic nitrogens is 5. The van der Waals surface area contributed by atoms with Gasteiger partial charge in [-0.05, 0) is 32.0 Å². The van der Waals surface area contributed by atoms with Gasteiger partial charge in [0.25, 0.3) is 5.56 Å². The average molecular weight is 279 g/mol. The van der Waals surface area contributed by atoms with Gasteiger partial charge in [-0.1, -0.05) is 0 Å². The molecule has 4 rings (SSSR count). The summed E-state index contributed by atoms with van der Waals surface area (Å²) in [7, 11) is 0. The summed E-state index contributed by atoms with van der Waals surface area (Å²) in [5, 5.41) is 0. The Balaban J connectivity index is 2.14. The molecule has 3 heterocycles. The third kappa shape index (κ3) is 1.62. The summed E-state index contributed by atoms with van der Waals surface area (Å²) in [6, 6.07) is 5.90. The molecule has 6 heteroatoms. The molecule has 104 valence electrons. The third-order valence-corrected chi connectivity index (χ3v) is 3.75. The number of hydrogen-bond donors (Lipinski definition) is 1. The van der Waals surface area contributed by atoms with Crippen molar-refractivity contribution in [1.82, 2.24) is 23.9 Å². The van der Waals surface area contributed by atoms with Crippen LogP contribution in [-0.2, 0) is 0 Å². The van der Waals surface area contributed by atoms with Crippen molar-refractivity contribution in [3.05, 3.63) is 58.8 Å². The number of hydrogen-bond acceptors (Lipinski definition) is 3. The van der Waals surface area contributed by atoms with Crippen LogP contribution in [0.25, 0.3) is 22.2 Å². The second-order valence-corrected chi connectivity index (χ2v) is 5.03. The van der Waals surface area contributed by atoms with E-state index in [0.717, 1.165) is 28.4 Å². The fourth-order valence-electron chi connectivity index (χ4n) is 2.71. The van der Waals surface area contributed by atoms with E-state index in [1.165, 1.54) is 0 Å². The highest BCUT2D eigenvalue weighted by molar-refractivity contribution is 5.80. The maximum atomic E-state index is 12.0. The van der Waals surface area contributed by atoms with Gasteiger partial charge >= 0.3 is 0 Å². The monoisotopic (exact) mass is 279 g/mol. The van der Waals surface area contributed by atoms with Gasteiger partial charge in [-0.3, -0.25) is 9.20 Å². The van der Waals surface area contributed by atoms with E-state index in [0.29, 0.717) is 5.52 Å². The van der Waals surface area contributed by atoms with Crippen molar-refractivity contribution in [2.24, 2.45) is 0 Å². The highest BCUT2D eigenvalue weighted by atomic mass is 16.1. The number of fused-ring (bicyclic) bond motifs is 3. The number of imidazole rings is 2. The Morgan fingerprint density at radius 1 is 1.10 bits per heavy atom. The molecule has 0 aliphatic rings. The normalized spacial score (nSPS) is 11.5. The summed E-state index contributed by atoms with van der Waals surface area (Å²) in [4.78, 5) is 23.4. The van der Waals surface area contributed by atoms with Crippen LogP contribution in [-0.4, -0.2) is 23.9 Å². The van der Waals surface area contributed by atoms with Crippen LogP contribution in [0.4, 0.5) is 0 Å². The lowest BCUT2D eigenvalue weighted by Gasteiger charge is -2.09. The molecule has 0 unspecified atom stereocenters. The summed E-state index contributed by atoms with van der Waals surface area (Å²) in [6.45, 7) is 3.84. The second-order valence-electron chi connectivity index (χ2n) is 5.03. The Labute approximate surface area is 119 Å². The zero-order valence-corrected chi connectivity index (χ0v) is 11.7. The van der Waals surface area contributed by atoms with Gasteiger partial charge in [0.2, 0.25) is 0 Å². The van der Waals surface area contributed by atoms with Gasteiger partial charge in [-0.25, -0.2) is 9.97 Å². The van der Waals surface area contributed by atoms with Crippen LogP contribution < -0.4 is 5.56 Å². The van der Waals surface area contributed by atoms with Gasteiger partial charge in [0.15, 0.2) is 0 Å². The molecule has 1 aromatic carbocycles. The van der Waals surface area contributed by atoms with E-state index in [9.17, 15) is 4.79 Å². The molecule has 6 nitrogen and oxygen atoms in total. The Morgan fingerprint density at radius 2 is 1.95 bits per heavy atom. The molecule has 0 aliphatic heterocycles. The molecular weight excluding hydrogens is 266 g/mol. The summed E-state index contributed by atoms with van der Waals surface area (Å²) in [5.41, 5.74) is 3.13. The maximum absolute atomic E-state index is 12.0. The van der Waals surface area contributed by atoms with E-state index in [-0.39, 0.29) is 5.56 Å². The quantitative estimate of drug-likeness (QED) is 0.579. The first kappa shape index (κ1) is 11.9. The van der Waals surface area contributed by atoms with Gasteiger partial charge in [0, 0.05) is 18.1 Å². The van der Waals surface area contributed by atoms with Crippen LogP contribution in [0.5, 0.6) is 0 Å². The molecule has 0 fully saturated rings. The minimum Gasteiger partial charge on any atom is -0.319 e. The van der Waals surface area contributed by atoms with E-state index in [1.807, 2.05) is 47.2 Å². The fraction of sp³-hybridized carbons (Fsp3) is 0.133. The zero-order valence-electron chi connectivity index (χ0n) is 11.7. The van der Waals surface area contributed by atoms with Crippen molar-refractivity contribution in [3.63, 3.8) is 0 Å². The van der Waals surface area contributed by atoms with Gasteiger partial charge in [0.05, 0.1) is 17.2 Å². The molecule has 0 amide bonds. The standard InChI is InChI=1S/C15H13N5O/c1-9-16-5-6-19(9)11-3-4-12-13(7-11)20-10(2)17-8-14(20)15(21)18-12/h3-8H,1-2H3,(H,18,21). The average Bonchev–Trinajstić information content (AvgIpc) is 3.06. The Kier molecular flexibility index (Phi) is 2.29. The molecule has 0 bridgehead atoms. The predicted molar refractivity (Wildman–Crippen MR) is 79.9 cm³/mol. The third-order valence-electron chi connectivity index (χ3n) is 3.75. The lowest BCUT2D eigenvalue weighted by Crippen LogP contribution is -2.10. The van der Waals surface area contributed by atoms with Crippen LogP contribution in [0.1, 0.15) is 11.6 Å². The Morgan fingerprint density at radius 3 is 2.71 bits per heavy atom. The number of aromatic amines is 1. The van der Waals surface area contributed by atoms with Crippen LogP contribution in [0, 0.1) is 13.8 Å². The van der Waals surface area contributed by atoms with E-state index >= 15 is 0 Å². The lowest BCUT2D eigenvalue weighted by atomic mass is 10.2. The van der Waals surface area contributed by atoms with Crippen molar-refractivity contribution < 1.29 is 0 Å². The van der Waals surface area contributed by atoms with Crippen molar-refractivity contribution >= 4 is 16.6 Å². The lowest BCUT2D eigenvalue weighted by molar-refractivity contribution is 0.973. The number of aryl methyl sites for hydroxylation is 2. The zero-order chi connectivity index (χ0) is 14.6. The fourth-order valence-corrected chi connectivity index (χ4v) is 2.71. The van der Waals surface area contributed by atoms with Gasteiger partial charge in [0.1, 0.15) is 17.2 Å². The van der Waals surface area contributed by atoms with Crippen molar-refractivity contribution in [2.75, 3.05) is 0 Å². The maximum Gasteiger partial charge on any atom is 0.274 e. The van der Waals surface area contributed by atoms with Crippen molar-refractivity contribution in [1.29, 1.82) is 0 Å². The largest absolute Gasteiger partial charge is 0.319 e. The molecule has 4 aromatic rings. The number of benzene rings is 1. The highest BCUT2D eigenvalue weighted by Crippen LogP contribution is 2.19. The summed E-state index contributed by atoms with van der Waals surface area (Å²) in [5.74, 6) is 1.71. The van der Waals surface area contributed by atoms with Crippen LogP contribution in [0.3, 0.4) is 0 Å². The molecule has 3 aromatic heterocycles. The molecular formula is C15H13N5O. The Hall–Kier alpha value is -2.89. The van der Waals surface area contributed by atoms with Gasteiger partial charge < -0.3 is 9.55 Å². The SMILES string of the molecule is Cc1nccn1-c1ccc2[nH]c(=O)c3cnc(C)n3c2c1. The van der Waals surface area contributed by atoms with Crippen LogP contribution in [0.2, 0.25) is 0 Å². The first-order valence-electron chi connectivity index (χ1n) is 6.65. The Bertz CT molecular complexity index is 1040. The minimum absolute atomic E-state index is 0.130. The van der Waals surface area contributed by atoms with Crippen LogP contribution in [0.15, 0.2) is 41.6 Å². The molecule has 1 N–H and O–H groups in total. The predicted octanol–water partition coefficient (Wildman–Crippen LogP) is 1.98. The molecule has 0 saturated heterocycles. The molecule has 0 spiro atoms. The molecule has 0 saturated carbocycles. The number of nitrogens with zero attached hydrogens (tertiary/aromatic N) is 4. The van der Waals surface area contributed by atoms with Gasteiger partial charge in [-0.15, -0.1) is 0 Å². The topological polar surface area (TPSA) is 68.0 Å². The number of H-pyrrole nitrogens is 1. The van der Waals surface area contributed by atoms with Crippen molar-refractivity contribution in [3.8, 4) is 5.69 Å².